The van der Waals surface area contributed by atoms with Crippen LogP contribution in [0.1, 0.15) is 28.9 Å². The summed E-state index contributed by atoms with van der Waals surface area (Å²) in [6.07, 6.45) is 3.92. The Kier molecular flexibility index (Phi) is 3.67. The number of rotatable bonds is 3. The van der Waals surface area contributed by atoms with E-state index in [4.69, 9.17) is 0 Å². The topological polar surface area (TPSA) is 62.2 Å². The second-order valence-electron chi connectivity index (χ2n) is 6.80. The van der Waals surface area contributed by atoms with Crippen LogP contribution in [-0.2, 0) is 17.9 Å². The van der Waals surface area contributed by atoms with E-state index in [0.717, 1.165) is 30.3 Å². The molecule has 1 fully saturated rings. The Morgan fingerprint density at radius 2 is 2.12 bits per heavy atom. The maximum absolute atomic E-state index is 12.6. The quantitative estimate of drug-likeness (QED) is 0.863. The van der Waals surface area contributed by atoms with Gasteiger partial charge in [0.05, 0.1) is 12.2 Å². The second-order valence-corrected chi connectivity index (χ2v) is 6.80. The zero-order valence-corrected chi connectivity index (χ0v) is 14.1. The molecule has 1 saturated heterocycles. The molecule has 6 nitrogen and oxygen atoms in total. The van der Waals surface area contributed by atoms with Crippen molar-refractivity contribution in [3.8, 4) is 0 Å². The number of aromatic nitrogens is 3. The van der Waals surface area contributed by atoms with Gasteiger partial charge in [0.2, 0.25) is 5.91 Å². The molecule has 24 heavy (non-hydrogen) atoms. The van der Waals surface area contributed by atoms with E-state index in [0.29, 0.717) is 25.4 Å². The lowest BCUT2D eigenvalue weighted by Crippen LogP contribution is -2.49. The molecular formula is C18H21N5O. The van der Waals surface area contributed by atoms with Gasteiger partial charge in [-0.1, -0.05) is 0 Å². The fourth-order valence-electron chi connectivity index (χ4n) is 3.62. The number of hydrogen-bond donors (Lipinski definition) is 0. The highest BCUT2D eigenvalue weighted by molar-refractivity contribution is 5.77. The van der Waals surface area contributed by atoms with Crippen LogP contribution in [0, 0.1) is 19.8 Å². The van der Waals surface area contributed by atoms with E-state index in [-0.39, 0.29) is 5.91 Å². The van der Waals surface area contributed by atoms with Crippen LogP contribution in [-0.4, -0.2) is 38.8 Å². The average Bonchev–Trinajstić information content (AvgIpc) is 2.95. The Hall–Kier alpha value is -2.50. The number of carbonyl (C=O) groups is 1. The van der Waals surface area contributed by atoms with Gasteiger partial charge in [-0.2, -0.15) is 0 Å². The standard InChI is InChI=1S/C18H21N5O/c1-12-5-13(2)21-16-10-23(9-15(12)16)18(24)6-14-7-22(8-14)17-3-4-19-11-20-17/h3-5,11,14H,6-10H2,1-2H3. The lowest BCUT2D eigenvalue weighted by Gasteiger charge is -2.40. The molecule has 0 spiro atoms. The third kappa shape index (κ3) is 2.72. The Balaban J connectivity index is 1.33. The summed E-state index contributed by atoms with van der Waals surface area (Å²) < 4.78 is 0. The molecule has 6 heteroatoms. The molecule has 0 saturated carbocycles. The largest absolute Gasteiger partial charge is 0.356 e. The number of aryl methyl sites for hydroxylation is 2. The molecule has 0 unspecified atom stereocenters. The van der Waals surface area contributed by atoms with E-state index >= 15 is 0 Å². The number of anilines is 1. The van der Waals surface area contributed by atoms with Crippen LogP contribution in [0.2, 0.25) is 0 Å². The van der Waals surface area contributed by atoms with Crippen LogP contribution in [0.25, 0.3) is 0 Å². The lowest BCUT2D eigenvalue weighted by molar-refractivity contribution is -0.133. The SMILES string of the molecule is Cc1cc(C)c2c(n1)CN(C(=O)CC1CN(c3ccncn3)C1)C2. The summed E-state index contributed by atoms with van der Waals surface area (Å²) in [5.41, 5.74) is 4.56. The molecule has 2 aliphatic heterocycles. The van der Waals surface area contributed by atoms with E-state index in [1.807, 2.05) is 17.9 Å². The van der Waals surface area contributed by atoms with Gasteiger partial charge in [-0.3, -0.25) is 9.78 Å². The van der Waals surface area contributed by atoms with Gasteiger partial charge in [0.1, 0.15) is 12.1 Å². The number of amides is 1. The normalized spacial score (nSPS) is 16.9. The molecule has 2 aliphatic rings. The van der Waals surface area contributed by atoms with Crippen molar-refractivity contribution in [1.82, 2.24) is 19.9 Å². The van der Waals surface area contributed by atoms with Crippen molar-refractivity contribution in [3.63, 3.8) is 0 Å². The highest BCUT2D eigenvalue weighted by Crippen LogP contribution is 2.29. The summed E-state index contributed by atoms with van der Waals surface area (Å²) in [6.45, 7) is 7.25. The first-order valence-corrected chi connectivity index (χ1v) is 8.35. The van der Waals surface area contributed by atoms with E-state index < -0.39 is 0 Å². The summed E-state index contributed by atoms with van der Waals surface area (Å²) >= 11 is 0. The van der Waals surface area contributed by atoms with Crippen molar-refractivity contribution in [3.05, 3.63) is 47.2 Å². The van der Waals surface area contributed by atoms with E-state index in [1.165, 1.54) is 11.1 Å². The maximum atomic E-state index is 12.6. The zero-order valence-electron chi connectivity index (χ0n) is 14.1. The molecule has 2 aromatic rings. The van der Waals surface area contributed by atoms with Crippen molar-refractivity contribution in [2.24, 2.45) is 5.92 Å². The number of nitrogens with zero attached hydrogens (tertiary/aromatic N) is 5. The van der Waals surface area contributed by atoms with Gasteiger partial charge >= 0.3 is 0 Å². The van der Waals surface area contributed by atoms with Crippen molar-refractivity contribution in [2.45, 2.75) is 33.4 Å². The first-order valence-electron chi connectivity index (χ1n) is 8.35. The summed E-state index contributed by atoms with van der Waals surface area (Å²) in [5, 5.41) is 0. The van der Waals surface area contributed by atoms with Crippen LogP contribution in [0.3, 0.4) is 0 Å². The molecule has 0 aliphatic carbocycles. The Morgan fingerprint density at radius 1 is 1.29 bits per heavy atom. The average molecular weight is 323 g/mol. The third-order valence-corrected chi connectivity index (χ3v) is 4.91. The van der Waals surface area contributed by atoms with Crippen LogP contribution < -0.4 is 4.90 Å². The molecule has 4 rings (SSSR count). The molecule has 2 aromatic heterocycles. The monoisotopic (exact) mass is 323 g/mol. The van der Waals surface area contributed by atoms with Crippen molar-refractivity contribution in [1.29, 1.82) is 0 Å². The highest BCUT2D eigenvalue weighted by atomic mass is 16.2. The fraction of sp³-hybridized carbons (Fsp3) is 0.444. The van der Waals surface area contributed by atoms with Gasteiger partial charge in [-0.15, -0.1) is 0 Å². The van der Waals surface area contributed by atoms with Crippen LogP contribution in [0.15, 0.2) is 24.7 Å². The maximum Gasteiger partial charge on any atom is 0.223 e. The predicted molar refractivity (Wildman–Crippen MR) is 90.3 cm³/mol. The van der Waals surface area contributed by atoms with Gasteiger partial charge in [0, 0.05) is 43.9 Å². The van der Waals surface area contributed by atoms with Crippen LogP contribution >= 0.6 is 0 Å². The summed E-state index contributed by atoms with van der Waals surface area (Å²) in [6, 6.07) is 4.00. The van der Waals surface area contributed by atoms with Gasteiger partial charge in [-0.25, -0.2) is 9.97 Å². The first kappa shape index (κ1) is 15.1. The van der Waals surface area contributed by atoms with Gasteiger partial charge in [-0.05, 0) is 37.1 Å². The van der Waals surface area contributed by atoms with Crippen molar-refractivity contribution < 1.29 is 4.79 Å². The van der Waals surface area contributed by atoms with Gasteiger partial charge < -0.3 is 9.80 Å². The first-order chi connectivity index (χ1) is 11.6. The van der Waals surface area contributed by atoms with E-state index in [2.05, 4.69) is 32.8 Å². The van der Waals surface area contributed by atoms with Crippen LogP contribution in [0.4, 0.5) is 5.82 Å². The third-order valence-electron chi connectivity index (χ3n) is 4.91. The number of pyridine rings is 1. The van der Waals surface area contributed by atoms with Gasteiger partial charge in [0.15, 0.2) is 0 Å². The summed E-state index contributed by atoms with van der Waals surface area (Å²) in [7, 11) is 0. The minimum atomic E-state index is 0.234. The minimum Gasteiger partial charge on any atom is -0.356 e. The zero-order chi connectivity index (χ0) is 16.7. The molecule has 1 amide bonds. The van der Waals surface area contributed by atoms with E-state index in [9.17, 15) is 4.79 Å². The van der Waals surface area contributed by atoms with Crippen LogP contribution in [0.5, 0.6) is 0 Å². The van der Waals surface area contributed by atoms with Crippen molar-refractivity contribution >= 4 is 11.7 Å². The second kappa shape index (κ2) is 5.85. The van der Waals surface area contributed by atoms with Crippen molar-refractivity contribution in [2.75, 3.05) is 18.0 Å². The number of carbonyl (C=O) groups excluding carboxylic acids is 1. The molecule has 0 atom stereocenters. The molecular weight excluding hydrogens is 302 g/mol. The van der Waals surface area contributed by atoms with E-state index in [1.54, 1.807) is 12.5 Å². The molecule has 4 heterocycles. The highest BCUT2D eigenvalue weighted by Gasteiger charge is 2.33. The molecule has 0 aromatic carbocycles. The van der Waals surface area contributed by atoms with Gasteiger partial charge in [0.25, 0.3) is 0 Å². The summed E-state index contributed by atoms with van der Waals surface area (Å²) in [4.78, 5) is 29.5. The Morgan fingerprint density at radius 3 is 2.88 bits per heavy atom. The Labute approximate surface area is 141 Å². The molecule has 0 radical (unpaired) electrons. The fourth-order valence-corrected chi connectivity index (χ4v) is 3.62. The molecule has 0 N–H and O–H groups in total. The molecule has 124 valence electrons. The number of fused-ring (bicyclic) bond motifs is 1. The smallest absolute Gasteiger partial charge is 0.223 e. The summed E-state index contributed by atoms with van der Waals surface area (Å²) in [5.74, 6) is 1.59. The minimum absolute atomic E-state index is 0.234. The predicted octanol–water partition coefficient (Wildman–Crippen LogP) is 1.86. The molecule has 0 bridgehead atoms. The number of hydrogen-bond acceptors (Lipinski definition) is 5. The lowest BCUT2D eigenvalue weighted by atomic mass is 9.95. The Bertz CT molecular complexity index is 770.